The topological polar surface area (TPSA) is 103 Å². The fraction of sp³-hybridized carbons (Fsp3) is 0.261. The molecule has 31 heavy (non-hydrogen) atoms. The number of benzene rings is 2. The van der Waals surface area contributed by atoms with Crippen molar-refractivity contribution in [3.05, 3.63) is 60.2 Å². The van der Waals surface area contributed by atoms with Crippen LogP contribution < -0.4 is 19.5 Å². The Hall–Kier alpha value is -3.65. The SMILES string of the molecule is COc1ccc(CCNc2cc(-c3cccc(OCC(=O)CO)c3)nc(OC)n2)cc1. The van der Waals surface area contributed by atoms with Crippen LogP contribution >= 0.6 is 0 Å². The zero-order valence-electron chi connectivity index (χ0n) is 17.5. The van der Waals surface area contributed by atoms with E-state index in [-0.39, 0.29) is 12.6 Å². The van der Waals surface area contributed by atoms with Gasteiger partial charge in [0, 0.05) is 18.2 Å². The highest BCUT2D eigenvalue weighted by Gasteiger charge is 2.09. The van der Waals surface area contributed by atoms with Gasteiger partial charge in [-0.3, -0.25) is 4.79 Å². The lowest BCUT2D eigenvalue weighted by atomic mass is 10.1. The van der Waals surface area contributed by atoms with Gasteiger partial charge in [-0.1, -0.05) is 24.3 Å². The van der Waals surface area contributed by atoms with E-state index in [1.54, 1.807) is 25.3 Å². The minimum Gasteiger partial charge on any atom is -0.497 e. The molecule has 0 fully saturated rings. The Morgan fingerprint density at radius 2 is 1.81 bits per heavy atom. The molecule has 0 spiro atoms. The predicted octanol–water partition coefficient (Wildman–Crippen LogP) is 2.76. The normalized spacial score (nSPS) is 10.4. The monoisotopic (exact) mass is 423 g/mol. The third-order valence-electron chi connectivity index (χ3n) is 4.47. The lowest BCUT2D eigenvalue weighted by Crippen LogP contribution is -2.14. The number of nitrogens with zero attached hydrogens (tertiary/aromatic N) is 2. The van der Waals surface area contributed by atoms with Gasteiger partial charge < -0.3 is 24.6 Å². The van der Waals surface area contributed by atoms with Gasteiger partial charge in [0.1, 0.15) is 30.5 Å². The lowest BCUT2D eigenvalue weighted by molar-refractivity contribution is -0.123. The zero-order valence-corrected chi connectivity index (χ0v) is 17.5. The highest BCUT2D eigenvalue weighted by Crippen LogP contribution is 2.26. The summed E-state index contributed by atoms with van der Waals surface area (Å²) in [7, 11) is 3.16. The number of aliphatic hydroxyl groups excluding tert-OH is 1. The first-order chi connectivity index (χ1) is 15.1. The minimum atomic E-state index is -0.547. The van der Waals surface area contributed by atoms with E-state index in [1.807, 2.05) is 36.4 Å². The molecular formula is C23H25N3O5. The smallest absolute Gasteiger partial charge is 0.318 e. The quantitative estimate of drug-likeness (QED) is 0.485. The van der Waals surface area contributed by atoms with Crippen LogP contribution in [0.5, 0.6) is 17.5 Å². The number of ketones is 1. The maximum absolute atomic E-state index is 11.3. The summed E-state index contributed by atoms with van der Waals surface area (Å²) in [5.74, 6) is 1.58. The number of nitrogens with one attached hydrogen (secondary N) is 1. The predicted molar refractivity (Wildman–Crippen MR) is 117 cm³/mol. The number of hydrogen-bond donors (Lipinski definition) is 2. The molecule has 1 aromatic heterocycles. The van der Waals surface area contributed by atoms with E-state index in [9.17, 15) is 4.79 Å². The van der Waals surface area contributed by atoms with Crippen molar-refractivity contribution < 1.29 is 24.1 Å². The number of ether oxygens (including phenoxy) is 3. The fourth-order valence-electron chi connectivity index (χ4n) is 2.84. The molecular weight excluding hydrogens is 398 g/mol. The summed E-state index contributed by atoms with van der Waals surface area (Å²) in [6.45, 7) is -0.0576. The fourth-order valence-corrected chi connectivity index (χ4v) is 2.84. The summed E-state index contributed by atoms with van der Waals surface area (Å²) in [5, 5.41) is 12.1. The Bertz CT molecular complexity index is 1010. The van der Waals surface area contributed by atoms with Crippen molar-refractivity contribution in [3.63, 3.8) is 0 Å². The summed E-state index contributed by atoms with van der Waals surface area (Å²) in [6, 6.07) is 17.2. The van der Waals surface area contributed by atoms with Gasteiger partial charge in [0.2, 0.25) is 0 Å². The molecule has 2 N–H and O–H groups in total. The van der Waals surface area contributed by atoms with Gasteiger partial charge >= 0.3 is 6.01 Å². The Morgan fingerprint density at radius 3 is 2.52 bits per heavy atom. The molecule has 0 atom stereocenters. The largest absolute Gasteiger partial charge is 0.497 e. The average molecular weight is 423 g/mol. The molecule has 8 heteroatoms. The second-order valence-electron chi connectivity index (χ2n) is 6.66. The van der Waals surface area contributed by atoms with Crippen molar-refractivity contribution in [2.75, 3.05) is 39.3 Å². The van der Waals surface area contributed by atoms with E-state index in [4.69, 9.17) is 19.3 Å². The number of anilines is 1. The maximum Gasteiger partial charge on any atom is 0.318 e. The van der Waals surface area contributed by atoms with Crippen molar-refractivity contribution in [1.29, 1.82) is 0 Å². The van der Waals surface area contributed by atoms with Gasteiger partial charge in [0.25, 0.3) is 0 Å². The van der Waals surface area contributed by atoms with Gasteiger partial charge in [-0.05, 0) is 36.2 Å². The van der Waals surface area contributed by atoms with Crippen LogP contribution in [0.1, 0.15) is 5.56 Å². The van der Waals surface area contributed by atoms with Gasteiger partial charge in [-0.15, -0.1) is 0 Å². The third kappa shape index (κ3) is 6.42. The molecule has 0 unspecified atom stereocenters. The molecule has 0 saturated carbocycles. The molecule has 162 valence electrons. The molecule has 3 aromatic rings. The van der Waals surface area contributed by atoms with E-state index >= 15 is 0 Å². The van der Waals surface area contributed by atoms with E-state index in [2.05, 4.69) is 15.3 Å². The first-order valence-electron chi connectivity index (χ1n) is 9.77. The zero-order chi connectivity index (χ0) is 22.1. The molecule has 2 aromatic carbocycles. The van der Waals surface area contributed by atoms with E-state index in [1.165, 1.54) is 12.7 Å². The number of methoxy groups -OCH3 is 2. The van der Waals surface area contributed by atoms with Crippen LogP contribution in [-0.4, -0.2) is 54.8 Å². The van der Waals surface area contributed by atoms with Crippen LogP contribution in [0.4, 0.5) is 5.82 Å². The van der Waals surface area contributed by atoms with Crippen LogP contribution in [0.15, 0.2) is 54.6 Å². The Balaban J connectivity index is 1.70. The number of aliphatic hydroxyl groups is 1. The number of aromatic nitrogens is 2. The maximum atomic E-state index is 11.3. The summed E-state index contributed by atoms with van der Waals surface area (Å²) in [6.07, 6.45) is 0.813. The lowest BCUT2D eigenvalue weighted by Gasteiger charge is -2.11. The summed E-state index contributed by atoms with van der Waals surface area (Å²) < 4.78 is 15.9. The number of rotatable bonds is 11. The number of carbonyl (C=O) groups is 1. The van der Waals surface area contributed by atoms with Crippen molar-refractivity contribution >= 4 is 11.6 Å². The molecule has 0 aliphatic carbocycles. The molecule has 0 amide bonds. The third-order valence-corrected chi connectivity index (χ3v) is 4.47. The minimum absolute atomic E-state index is 0.189. The van der Waals surface area contributed by atoms with Crippen LogP contribution in [0.3, 0.4) is 0 Å². The van der Waals surface area contributed by atoms with E-state index in [0.29, 0.717) is 23.8 Å². The van der Waals surface area contributed by atoms with E-state index < -0.39 is 12.4 Å². The molecule has 0 bridgehead atoms. The molecule has 0 radical (unpaired) electrons. The average Bonchev–Trinajstić information content (AvgIpc) is 2.83. The summed E-state index contributed by atoms with van der Waals surface area (Å²) in [4.78, 5) is 20.0. The molecule has 8 nitrogen and oxygen atoms in total. The van der Waals surface area contributed by atoms with Crippen molar-refractivity contribution in [1.82, 2.24) is 9.97 Å². The van der Waals surface area contributed by atoms with Crippen molar-refractivity contribution in [3.8, 4) is 28.8 Å². The first-order valence-corrected chi connectivity index (χ1v) is 9.77. The van der Waals surface area contributed by atoms with Crippen molar-refractivity contribution in [2.24, 2.45) is 0 Å². The Labute approximate surface area is 180 Å². The summed E-state index contributed by atoms with van der Waals surface area (Å²) >= 11 is 0. The number of carbonyl (C=O) groups excluding carboxylic acids is 1. The van der Waals surface area contributed by atoms with Gasteiger partial charge in [-0.2, -0.15) is 9.97 Å². The Kier molecular flexibility index (Phi) is 7.78. The molecule has 0 saturated heterocycles. The summed E-state index contributed by atoms with van der Waals surface area (Å²) in [5.41, 5.74) is 2.61. The standard InChI is InChI=1S/C23H25N3O5/c1-29-19-8-6-16(7-9-19)10-11-24-22-13-21(25-23(26-22)30-2)17-4-3-5-20(12-17)31-15-18(28)14-27/h3-9,12-13,27H,10-11,14-15H2,1-2H3,(H,24,25,26). The van der Waals surface area contributed by atoms with Gasteiger partial charge in [-0.25, -0.2) is 0 Å². The molecule has 1 heterocycles. The van der Waals surface area contributed by atoms with Crippen LogP contribution in [0, 0.1) is 0 Å². The van der Waals surface area contributed by atoms with E-state index in [0.717, 1.165) is 17.7 Å². The second kappa shape index (κ2) is 10.9. The Morgan fingerprint density at radius 1 is 1.00 bits per heavy atom. The van der Waals surface area contributed by atoms with Gasteiger partial charge in [0.15, 0.2) is 5.78 Å². The number of hydrogen-bond acceptors (Lipinski definition) is 8. The van der Waals surface area contributed by atoms with Crippen LogP contribution in [-0.2, 0) is 11.2 Å². The first kappa shape index (κ1) is 22.0. The molecule has 0 aliphatic rings. The van der Waals surface area contributed by atoms with Crippen LogP contribution in [0.25, 0.3) is 11.3 Å². The highest BCUT2D eigenvalue weighted by molar-refractivity contribution is 5.81. The second-order valence-corrected chi connectivity index (χ2v) is 6.66. The number of Topliss-reactive ketones (excluding diaryl/α,β-unsaturated/α-hetero) is 1. The van der Waals surface area contributed by atoms with Gasteiger partial charge in [0.05, 0.1) is 19.9 Å². The molecule has 3 rings (SSSR count). The van der Waals surface area contributed by atoms with Crippen LogP contribution in [0.2, 0.25) is 0 Å². The highest BCUT2D eigenvalue weighted by atomic mass is 16.5. The van der Waals surface area contributed by atoms with Crippen molar-refractivity contribution in [2.45, 2.75) is 6.42 Å². The molecule has 0 aliphatic heterocycles.